The van der Waals surface area contributed by atoms with Crippen LogP contribution >= 0.6 is 57.5 Å². The van der Waals surface area contributed by atoms with Crippen molar-refractivity contribution in [3.8, 4) is 11.8 Å². The Balaban J connectivity index is 0.000000258. The molecule has 14 nitrogen and oxygen atoms in total. The van der Waals surface area contributed by atoms with Crippen LogP contribution in [0.3, 0.4) is 0 Å². The molecule has 0 aliphatic carbocycles. The lowest BCUT2D eigenvalue weighted by Crippen LogP contribution is -2.22. The van der Waals surface area contributed by atoms with Gasteiger partial charge in [-0.1, -0.05) is 34.8 Å². The van der Waals surface area contributed by atoms with Gasteiger partial charge in [-0.2, -0.15) is 9.97 Å². The molecule has 0 radical (unpaired) electrons. The van der Waals surface area contributed by atoms with Gasteiger partial charge in [0.2, 0.25) is 0 Å². The summed E-state index contributed by atoms with van der Waals surface area (Å²) in [5.41, 5.74) is 4.96. The maximum Gasteiger partial charge on any atom is 0.331 e. The molecular formula is C24H27Cl3N8O6S2. The smallest absolute Gasteiger partial charge is 0.331 e. The van der Waals surface area contributed by atoms with Crippen molar-refractivity contribution >= 4 is 74.7 Å². The van der Waals surface area contributed by atoms with Crippen LogP contribution in [0.25, 0.3) is 0 Å². The van der Waals surface area contributed by atoms with Crippen molar-refractivity contribution in [1.29, 1.82) is 0 Å². The molecule has 0 unspecified atom stereocenters. The summed E-state index contributed by atoms with van der Waals surface area (Å²) >= 11 is 19.7. The van der Waals surface area contributed by atoms with Gasteiger partial charge in [0, 0.05) is 47.4 Å². The van der Waals surface area contributed by atoms with Crippen molar-refractivity contribution in [1.82, 2.24) is 19.9 Å². The number of hydrogen-bond acceptors (Lipinski definition) is 14. The van der Waals surface area contributed by atoms with Crippen LogP contribution in [0.5, 0.6) is 11.8 Å². The van der Waals surface area contributed by atoms with Gasteiger partial charge in [0.25, 0.3) is 11.8 Å². The third kappa shape index (κ3) is 11.7. The normalized spacial score (nSPS) is 10.1. The van der Waals surface area contributed by atoms with E-state index in [2.05, 4.69) is 19.9 Å². The number of halogens is 3. The first-order valence-electron chi connectivity index (χ1n) is 12.4. The molecule has 0 spiro atoms. The van der Waals surface area contributed by atoms with E-state index < -0.39 is 9.85 Å². The molecule has 0 atom stereocenters. The maximum absolute atomic E-state index is 11.0. The van der Waals surface area contributed by atoms with Gasteiger partial charge in [0.1, 0.15) is 11.0 Å². The molecule has 0 aliphatic rings. The number of hydrogen-bond donors (Lipinski definition) is 1. The summed E-state index contributed by atoms with van der Waals surface area (Å²) < 4.78 is 11.3. The van der Waals surface area contributed by atoms with E-state index >= 15 is 0 Å². The van der Waals surface area contributed by atoms with E-state index in [9.17, 15) is 20.2 Å². The molecule has 4 rings (SSSR count). The highest BCUT2D eigenvalue weighted by molar-refractivity contribution is 7.16. The van der Waals surface area contributed by atoms with Crippen LogP contribution in [0, 0.1) is 20.2 Å². The zero-order chi connectivity index (χ0) is 31.9. The number of pyridine rings is 2. The fraction of sp³-hybridized carbons (Fsp3) is 0.333. The van der Waals surface area contributed by atoms with Crippen LogP contribution in [-0.4, -0.2) is 49.5 Å². The average molecular weight is 694 g/mol. The molecule has 0 fully saturated rings. The number of rotatable bonds is 11. The van der Waals surface area contributed by atoms with Crippen LogP contribution in [0.4, 0.5) is 17.2 Å². The molecule has 0 saturated heterocycles. The number of nitro groups is 2. The maximum atomic E-state index is 11.0. The van der Waals surface area contributed by atoms with Crippen LogP contribution in [0.15, 0.2) is 36.7 Å². The van der Waals surface area contributed by atoms with Crippen LogP contribution in [0.1, 0.15) is 30.5 Å². The summed E-state index contributed by atoms with van der Waals surface area (Å²) in [6.07, 6.45) is 3.40. The Morgan fingerprint density at radius 2 is 1.35 bits per heavy atom. The number of anilines is 1. The highest BCUT2D eigenvalue weighted by Crippen LogP contribution is 2.29. The molecule has 0 aromatic carbocycles. The molecule has 4 aromatic heterocycles. The van der Waals surface area contributed by atoms with E-state index in [1.165, 1.54) is 40.9 Å². The third-order valence-corrected chi connectivity index (χ3v) is 7.34. The Morgan fingerprint density at radius 3 is 1.77 bits per heavy atom. The zero-order valence-corrected chi connectivity index (χ0v) is 27.0. The lowest BCUT2D eigenvalue weighted by Gasteiger charge is -2.21. The van der Waals surface area contributed by atoms with Crippen LogP contribution in [-0.2, 0) is 13.1 Å². The van der Waals surface area contributed by atoms with Gasteiger partial charge in [-0.3, -0.25) is 20.2 Å². The Morgan fingerprint density at radius 1 is 0.837 bits per heavy atom. The minimum atomic E-state index is -0.561. The summed E-state index contributed by atoms with van der Waals surface area (Å²) in [5, 5.41) is 21.6. The average Bonchev–Trinajstić information content (AvgIpc) is 3.59. The van der Waals surface area contributed by atoms with Gasteiger partial charge in [-0.05, 0) is 32.9 Å². The first-order chi connectivity index (χ1) is 20.5. The monoisotopic (exact) mass is 692 g/mol. The fourth-order valence-electron chi connectivity index (χ4n) is 3.05. The van der Waals surface area contributed by atoms with E-state index in [1.54, 1.807) is 32.3 Å². The molecule has 0 aliphatic heterocycles. The van der Waals surface area contributed by atoms with Crippen molar-refractivity contribution in [3.05, 3.63) is 80.7 Å². The molecule has 4 aromatic rings. The molecular weight excluding hydrogens is 667 g/mol. The zero-order valence-electron chi connectivity index (χ0n) is 23.1. The van der Waals surface area contributed by atoms with Gasteiger partial charge in [0.05, 0.1) is 29.6 Å². The van der Waals surface area contributed by atoms with Gasteiger partial charge in [-0.25, -0.2) is 9.97 Å². The molecule has 0 amide bonds. The quantitative estimate of drug-likeness (QED) is 0.0983. The molecule has 4 heterocycles. The van der Waals surface area contributed by atoms with Gasteiger partial charge in [-0.15, -0.1) is 22.7 Å². The lowest BCUT2D eigenvalue weighted by atomic mass is 10.3. The van der Waals surface area contributed by atoms with Crippen molar-refractivity contribution in [2.45, 2.75) is 33.9 Å². The standard InChI is InChI=1S/C13H15ClN4O3S.C7H7ClN2O3.C4H5ClN2S/c1-3-17(8-9-7-15-13(14)22-9)11-6-5-10(18(19)20)12(16-11)21-4-2;1-2-13-7-5(10(11)12)3-4-6(8)9-7;5-4-7-2-3(1-6)8-4/h5-7H,3-4,8H2,1-2H3;3-4H,2H2,1H3;2H,1,6H2. The number of aromatic nitrogens is 4. The summed E-state index contributed by atoms with van der Waals surface area (Å²) in [6.45, 7) is 7.88. The predicted molar refractivity (Wildman–Crippen MR) is 168 cm³/mol. The second kappa shape index (κ2) is 18.3. The number of thiazole rings is 2. The van der Waals surface area contributed by atoms with Crippen LogP contribution < -0.4 is 20.1 Å². The summed E-state index contributed by atoms with van der Waals surface area (Å²) in [6, 6.07) is 5.64. The molecule has 0 bridgehead atoms. The number of ether oxygens (including phenoxy) is 2. The highest BCUT2D eigenvalue weighted by atomic mass is 35.5. The Labute approximate surface area is 269 Å². The van der Waals surface area contributed by atoms with E-state index in [4.69, 9.17) is 50.0 Å². The van der Waals surface area contributed by atoms with E-state index in [0.29, 0.717) is 47.6 Å². The minimum absolute atomic E-state index is 0.0331. The first-order valence-corrected chi connectivity index (χ1v) is 15.2. The largest absolute Gasteiger partial charge is 0.473 e. The van der Waals surface area contributed by atoms with Crippen LogP contribution in [0.2, 0.25) is 14.1 Å². The van der Waals surface area contributed by atoms with E-state index in [-0.39, 0.29) is 28.3 Å². The molecule has 2 N–H and O–H groups in total. The minimum Gasteiger partial charge on any atom is -0.473 e. The molecule has 19 heteroatoms. The number of nitrogens with zero attached hydrogens (tertiary/aromatic N) is 7. The first kappa shape index (κ1) is 35.8. The second-order valence-electron chi connectivity index (χ2n) is 7.71. The summed E-state index contributed by atoms with van der Waals surface area (Å²) in [7, 11) is 0. The third-order valence-electron chi connectivity index (χ3n) is 4.89. The molecule has 0 saturated carbocycles. The summed E-state index contributed by atoms with van der Waals surface area (Å²) in [4.78, 5) is 40.1. The fourth-order valence-corrected chi connectivity index (χ4v) is 5.04. The Kier molecular flexibility index (Phi) is 15.2. The molecule has 43 heavy (non-hydrogen) atoms. The van der Waals surface area contributed by atoms with Crippen molar-refractivity contribution < 1.29 is 19.3 Å². The SMILES string of the molecule is CCOc1nc(Cl)ccc1[N+](=O)[O-].CCOc1nc(N(CC)Cc2cnc(Cl)s2)ccc1[N+](=O)[O-].NCc1cnc(Cl)s1. The van der Waals surface area contributed by atoms with E-state index in [0.717, 1.165) is 9.75 Å². The predicted octanol–water partition coefficient (Wildman–Crippen LogP) is 6.82. The Bertz CT molecular complexity index is 1490. The number of nitrogens with two attached hydrogens (primary N) is 1. The second-order valence-corrected chi connectivity index (χ2v) is 11.5. The lowest BCUT2D eigenvalue weighted by molar-refractivity contribution is -0.386. The van der Waals surface area contributed by atoms with E-state index in [1.807, 2.05) is 11.8 Å². The Hall–Kier alpha value is -3.41. The highest BCUT2D eigenvalue weighted by Gasteiger charge is 2.20. The van der Waals surface area contributed by atoms with Crippen molar-refractivity contribution in [3.63, 3.8) is 0 Å². The van der Waals surface area contributed by atoms with Crippen molar-refractivity contribution in [2.75, 3.05) is 24.7 Å². The van der Waals surface area contributed by atoms with Gasteiger partial charge >= 0.3 is 11.4 Å². The van der Waals surface area contributed by atoms with Gasteiger partial charge in [0.15, 0.2) is 8.93 Å². The van der Waals surface area contributed by atoms with Gasteiger partial charge < -0.3 is 20.1 Å². The van der Waals surface area contributed by atoms with Crippen molar-refractivity contribution in [2.24, 2.45) is 5.73 Å². The topological polar surface area (TPSA) is 186 Å². The summed E-state index contributed by atoms with van der Waals surface area (Å²) in [5.74, 6) is 0.604. The molecule has 232 valence electrons.